The van der Waals surface area contributed by atoms with E-state index in [4.69, 9.17) is 11.5 Å². The number of carboxylic acid groups (broad SMARTS) is 2. The fourth-order valence-electron chi connectivity index (χ4n) is 7.61. The van der Waals surface area contributed by atoms with Crippen LogP contribution in [0, 0.1) is 0 Å². The van der Waals surface area contributed by atoms with Crippen molar-refractivity contribution in [3.63, 3.8) is 0 Å². The highest BCUT2D eigenvalue weighted by molar-refractivity contribution is 5.98. The summed E-state index contributed by atoms with van der Waals surface area (Å²) in [5.74, 6) is -12.7. The number of primary amides is 1. The van der Waals surface area contributed by atoms with Crippen LogP contribution in [0.15, 0.2) is 97.5 Å². The number of aromatic amines is 1. The maximum Gasteiger partial charge on any atom is 0.326 e. The van der Waals surface area contributed by atoms with Crippen molar-refractivity contribution < 1.29 is 78.3 Å². The standard InChI is InChI=1S/C51H64N12O16/c1-27(65)43(63-46(73)34(16-17-42(69)70)57-41(68)24-55-45(72)35(19-29-10-6-3-7-11-29)58-44(71)33(52)18-28-8-4-2-5-9-28)50(77)62-39(25-64)49(76)59-36(21-31-23-54-26-56-31)47(74)60-37(22-40(53)67)48(75)61-38(51(78)79)20-30-12-14-32(66)15-13-30/h2-15,23,26-27,33-39,43,64-66H,16-22,24-25,52H2,1H3,(H2,53,67)(H,54,56)(H,55,72)(H,57,68)(H,58,71)(H,59,76)(H,60,74)(H,61,75)(H,62,77)(H,63,73)(H,69,70)(H,78,79)/t27-,33+,34+,35+,36+,37+,38+,39+,43+/m1/s1. The quantitative estimate of drug-likeness (QED) is 0.0219. The average molecular weight is 1100 g/mol. The van der Waals surface area contributed by atoms with Gasteiger partial charge in [0.25, 0.3) is 0 Å². The number of imidazole rings is 1. The predicted octanol–water partition coefficient (Wildman–Crippen LogP) is -4.58. The molecule has 0 aliphatic rings. The molecular formula is C51H64N12O16. The number of nitrogens with one attached hydrogen (secondary N) is 9. The van der Waals surface area contributed by atoms with Gasteiger partial charge >= 0.3 is 11.9 Å². The van der Waals surface area contributed by atoms with Crippen LogP contribution >= 0.6 is 0 Å². The van der Waals surface area contributed by atoms with E-state index >= 15 is 0 Å². The Labute approximate surface area is 451 Å². The molecule has 424 valence electrons. The van der Waals surface area contributed by atoms with E-state index < -0.39 is 158 Å². The first-order valence-electron chi connectivity index (χ1n) is 24.5. The van der Waals surface area contributed by atoms with Crippen molar-refractivity contribution in [3.8, 4) is 5.75 Å². The van der Waals surface area contributed by atoms with Crippen molar-refractivity contribution in [2.75, 3.05) is 13.2 Å². The van der Waals surface area contributed by atoms with Crippen molar-refractivity contribution in [1.82, 2.24) is 52.5 Å². The molecule has 0 saturated carbocycles. The number of aromatic nitrogens is 2. The van der Waals surface area contributed by atoms with Crippen LogP contribution in [0.5, 0.6) is 5.75 Å². The molecule has 3 aromatic carbocycles. The number of phenols is 1. The molecular weight excluding hydrogens is 1040 g/mol. The van der Waals surface area contributed by atoms with E-state index in [1.807, 2.05) is 0 Å². The molecule has 0 radical (unpaired) electrons. The molecule has 0 unspecified atom stereocenters. The van der Waals surface area contributed by atoms with Gasteiger partial charge in [0.05, 0.1) is 38.0 Å². The Morgan fingerprint density at radius 3 is 1.65 bits per heavy atom. The SMILES string of the molecule is C[C@@H](O)[C@H](NC(=O)[C@H](CCC(=O)O)NC(=O)CNC(=O)[C@H](Cc1ccccc1)NC(=O)[C@@H](N)Cc1ccccc1)C(=O)N[C@@H](CO)C(=O)N[C@@H](Cc1cnc[nH]1)C(=O)N[C@@H](CC(N)=O)C(=O)N[C@@H](Cc1ccc(O)cc1)C(=O)O. The highest BCUT2D eigenvalue weighted by Gasteiger charge is 2.36. The number of aliphatic hydroxyl groups excluding tert-OH is 2. The zero-order valence-electron chi connectivity index (χ0n) is 42.6. The number of rotatable bonds is 32. The summed E-state index contributed by atoms with van der Waals surface area (Å²) < 4.78 is 0. The van der Waals surface area contributed by atoms with Crippen molar-refractivity contribution >= 4 is 65.1 Å². The highest BCUT2D eigenvalue weighted by Crippen LogP contribution is 2.13. The Balaban J connectivity index is 1.44. The van der Waals surface area contributed by atoms with E-state index in [1.165, 1.54) is 36.8 Å². The van der Waals surface area contributed by atoms with Gasteiger partial charge in [0.15, 0.2) is 0 Å². The van der Waals surface area contributed by atoms with Gasteiger partial charge in [-0.2, -0.15) is 0 Å². The Morgan fingerprint density at radius 2 is 1.09 bits per heavy atom. The third-order valence-electron chi connectivity index (χ3n) is 11.8. The fraction of sp³-hybridized carbons (Fsp3) is 0.373. The first-order chi connectivity index (χ1) is 37.5. The summed E-state index contributed by atoms with van der Waals surface area (Å²) in [4.78, 5) is 151. The number of carbonyl (C=O) groups excluding carboxylic acids is 9. The molecule has 28 heteroatoms. The number of nitrogens with two attached hydrogens (primary N) is 2. The number of benzene rings is 3. The summed E-state index contributed by atoms with van der Waals surface area (Å²) in [6.07, 6.45) is -1.98. The largest absolute Gasteiger partial charge is 0.508 e. The molecule has 0 fully saturated rings. The first kappa shape index (κ1) is 62.3. The minimum atomic E-state index is -1.96. The minimum absolute atomic E-state index is 0.0213. The van der Waals surface area contributed by atoms with Gasteiger partial charge in [0.2, 0.25) is 53.2 Å². The fourth-order valence-corrected chi connectivity index (χ4v) is 7.61. The van der Waals surface area contributed by atoms with Gasteiger partial charge in [-0.15, -0.1) is 0 Å². The van der Waals surface area contributed by atoms with E-state index in [9.17, 15) is 78.3 Å². The maximum atomic E-state index is 13.8. The summed E-state index contributed by atoms with van der Waals surface area (Å²) in [5.41, 5.74) is 13.5. The maximum absolute atomic E-state index is 13.8. The van der Waals surface area contributed by atoms with Crippen molar-refractivity contribution in [1.29, 1.82) is 0 Å². The van der Waals surface area contributed by atoms with Gasteiger partial charge in [0.1, 0.15) is 48.0 Å². The van der Waals surface area contributed by atoms with Crippen LogP contribution in [0.4, 0.5) is 0 Å². The van der Waals surface area contributed by atoms with Crippen molar-refractivity contribution in [2.45, 2.75) is 106 Å². The Bertz CT molecular complexity index is 2730. The number of amides is 9. The normalized spacial score (nSPS) is 14.3. The van der Waals surface area contributed by atoms with Crippen LogP contribution in [-0.2, 0) is 78.4 Å². The van der Waals surface area contributed by atoms with Gasteiger partial charge in [-0.3, -0.25) is 47.9 Å². The monoisotopic (exact) mass is 1100 g/mol. The molecule has 1 heterocycles. The summed E-state index contributed by atoms with van der Waals surface area (Å²) in [6.45, 7) is -0.917. The number of nitrogens with zero attached hydrogens (tertiary/aromatic N) is 1. The number of aliphatic carboxylic acids is 2. The van der Waals surface area contributed by atoms with Gasteiger partial charge in [-0.1, -0.05) is 72.8 Å². The molecule has 28 nitrogen and oxygen atoms in total. The summed E-state index contributed by atoms with van der Waals surface area (Å²) >= 11 is 0. The predicted molar refractivity (Wildman–Crippen MR) is 276 cm³/mol. The highest BCUT2D eigenvalue weighted by atomic mass is 16.4. The lowest BCUT2D eigenvalue weighted by Gasteiger charge is -2.27. The molecule has 18 N–H and O–H groups in total. The smallest absolute Gasteiger partial charge is 0.326 e. The zero-order valence-corrected chi connectivity index (χ0v) is 42.6. The minimum Gasteiger partial charge on any atom is -0.508 e. The van der Waals surface area contributed by atoms with Crippen LogP contribution in [0.25, 0.3) is 0 Å². The van der Waals surface area contributed by atoms with Gasteiger partial charge in [0, 0.05) is 37.6 Å². The lowest BCUT2D eigenvalue weighted by Crippen LogP contribution is -2.62. The Morgan fingerprint density at radius 1 is 0.582 bits per heavy atom. The van der Waals surface area contributed by atoms with E-state index in [2.05, 4.69) is 52.5 Å². The van der Waals surface area contributed by atoms with Crippen LogP contribution in [0.3, 0.4) is 0 Å². The third kappa shape index (κ3) is 21.3. The molecule has 0 bridgehead atoms. The number of aromatic hydroxyl groups is 1. The number of aliphatic hydroxyl groups is 2. The number of hydrogen-bond acceptors (Lipinski definition) is 16. The number of phenolic OH excluding ortho intramolecular Hbond substituents is 1. The van der Waals surface area contributed by atoms with E-state index in [-0.39, 0.29) is 30.7 Å². The third-order valence-corrected chi connectivity index (χ3v) is 11.8. The summed E-state index contributed by atoms with van der Waals surface area (Å²) in [6, 6.07) is 9.82. The molecule has 0 saturated heterocycles. The van der Waals surface area contributed by atoms with Crippen LogP contribution in [0.1, 0.15) is 48.6 Å². The van der Waals surface area contributed by atoms with E-state index in [1.54, 1.807) is 60.7 Å². The molecule has 79 heavy (non-hydrogen) atoms. The summed E-state index contributed by atoms with van der Waals surface area (Å²) in [7, 11) is 0. The van der Waals surface area contributed by atoms with E-state index in [0.29, 0.717) is 11.1 Å². The van der Waals surface area contributed by atoms with Crippen LogP contribution < -0.4 is 54.0 Å². The Kier molecular flexibility index (Phi) is 24.5. The van der Waals surface area contributed by atoms with Gasteiger partial charge < -0.3 is 84.5 Å². The average Bonchev–Trinajstić information content (AvgIpc) is 3.93. The summed E-state index contributed by atoms with van der Waals surface area (Å²) in [5, 5.41) is 68.2. The second kappa shape index (κ2) is 31.1. The number of carboxylic acids is 2. The Hall–Kier alpha value is -9.28. The van der Waals surface area contributed by atoms with Crippen molar-refractivity contribution in [2.24, 2.45) is 11.5 Å². The molecule has 0 aliphatic carbocycles. The topological polar surface area (TPSA) is 466 Å². The molecule has 4 aromatic rings. The van der Waals surface area contributed by atoms with E-state index in [0.717, 1.165) is 12.5 Å². The number of hydrogen-bond donors (Lipinski definition) is 16. The lowest BCUT2D eigenvalue weighted by atomic mass is 10.0. The molecule has 4 rings (SSSR count). The molecule has 9 amide bonds. The molecule has 9 atom stereocenters. The molecule has 0 aliphatic heterocycles. The molecule has 0 spiro atoms. The second-order valence-electron chi connectivity index (χ2n) is 18.1. The second-order valence-corrected chi connectivity index (χ2v) is 18.1. The number of H-pyrrole nitrogens is 1. The zero-order chi connectivity index (χ0) is 58.2. The van der Waals surface area contributed by atoms with Crippen molar-refractivity contribution in [3.05, 3.63) is 120 Å². The van der Waals surface area contributed by atoms with Gasteiger partial charge in [-0.05, 0) is 48.6 Å². The lowest BCUT2D eigenvalue weighted by molar-refractivity contribution is -0.142. The van der Waals surface area contributed by atoms with Gasteiger partial charge in [-0.25, -0.2) is 9.78 Å². The van der Waals surface area contributed by atoms with Crippen LogP contribution in [-0.4, -0.2) is 168 Å². The number of carbonyl (C=O) groups is 11. The van der Waals surface area contributed by atoms with Crippen LogP contribution in [0.2, 0.25) is 0 Å². The molecule has 1 aromatic heterocycles. The first-order valence-corrected chi connectivity index (χ1v) is 24.5.